The lowest BCUT2D eigenvalue weighted by Crippen LogP contribution is -2.57. The number of cyclic esters (lactones) is 1. The molecule has 0 amide bonds. The number of phenolic OH excluding ortho intramolecular Hbond substituents is 1. The molecule has 0 bridgehead atoms. The Kier molecular flexibility index (Phi) is 5.42. The van der Waals surface area contributed by atoms with Crippen LogP contribution in [-0.2, 0) is 9.53 Å². The van der Waals surface area contributed by atoms with Crippen molar-refractivity contribution >= 4 is 5.97 Å². The van der Waals surface area contributed by atoms with Crippen LogP contribution in [0.25, 0.3) is 0 Å². The molecule has 1 aromatic carbocycles. The molecule has 6 nitrogen and oxygen atoms in total. The number of fused-ring (bicyclic) bond motifs is 5. The standard InChI is InChI=1S/C27H36O6/c1-14-11-23(33-25(31)19(14)13-28)15(2)27(32)10-8-20-18-12-22(30)17-5-4-6-21(29)24(17)16(18)7-9-26(20,27)3/h4-6,15-16,18,20,22-23,28-30,32H,7-13H2,1-3H3/t15-,16-,18+,20-,22+,23+,26-,27-/m0/s1. The normalized spacial score (nSPS) is 41.2. The smallest absolute Gasteiger partial charge is 0.336 e. The van der Waals surface area contributed by atoms with Crippen molar-refractivity contribution in [1.29, 1.82) is 0 Å². The second-order valence-corrected chi connectivity index (χ2v) is 11.2. The van der Waals surface area contributed by atoms with E-state index in [2.05, 4.69) is 6.92 Å². The fourth-order valence-electron chi connectivity index (χ4n) is 8.06. The van der Waals surface area contributed by atoms with E-state index in [0.29, 0.717) is 24.8 Å². The number of hydrogen-bond donors (Lipinski definition) is 4. The maximum atomic E-state index is 12.4. The molecule has 1 aromatic rings. The predicted octanol–water partition coefficient (Wildman–Crippen LogP) is 3.73. The summed E-state index contributed by atoms with van der Waals surface area (Å²) in [5, 5.41) is 43.2. The Bertz CT molecular complexity index is 1000. The number of aliphatic hydroxyl groups is 3. The molecular weight excluding hydrogens is 420 g/mol. The molecule has 0 spiro atoms. The van der Waals surface area contributed by atoms with Gasteiger partial charge in [0.1, 0.15) is 11.9 Å². The summed E-state index contributed by atoms with van der Waals surface area (Å²) in [7, 11) is 0. The Morgan fingerprint density at radius 3 is 2.70 bits per heavy atom. The van der Waals surface area contributed by atoms with Crippen molar-refractivity contribution in [2.24, 2.45) is 23.2 Å². The van der Waals surface area contributed by atoms with Crippen LogP contribution in [0.3, 0.4) is 0 Å². The summed E-state index contributed by atoms with van der Waals surface area (Å²) in [5.74, 6) is 0.130. The lowest BCUT2D eigenvalue weighted by molar-refractivity contribution is -0.177. The fraction of sp³-hybridized carbons (Fsp3) is 0.667. The Labute approximate surface area is 195 Å². The molecule has 3 aliphatic carbocycles. The van der Waals surface area contributed by atoms with E-state index in [0.717, 1.165) is 36.0 Å². The van der Waals surface area contributed by atoms with Gasteiger partial charge in [0.05, 0.1) is 23.9 Å². The van der Waals surface area contributed by atoms with Gasteiger partial charge in [-0.05, 0) is 73.8 Å². The molecule has 33 heavy (non-hydrogen) atoms. The lowest BCUT2D eigenvalue weighted by Gasteiger charge is -2.56. The first kappa shape index (κ1) is 22.9. The van der Waals surface area contributed by atoms with Crippen molar-refractivity contribution in [1.82, 2.24) is 0 Å². The quantitative estimate of drug-likeness (QED) is 0.517. The van der Waals surface area contributed by atoms with Crippen molar-refractivity contribution < 1.29 is 30.0 Å². The first-order chi connectivity index (χ1) is 15.6. The number of ether oxygens (including phenoxy) is 1. The third kappa shape index (κ3) is 3.14. The second kappa shape index (κ2) is 7.82. The highest BCUT2D eigenvalue weighted by molar-refractivity contribution is 5.90. The van der Waals surface area contributed by atoms with Crippen molar-refractivity contribution in [2.75, 3.05) is 6.61 Å². The summed E-state index contributed by atoms with van der Waals surface area (Å²) >= 11 is 0. The molecule has 2 fully saturated rings. The Balaban J connectivity index is 1.45. The number of aromatic hydroxyl groups is 1. The van der Waals surface area contributed by atoms with E-state index < -0.39 is 23.8 Å². The SMILES string of the molecule is CC1=C(CO)C(=O)O[C@@H]([C@H](C)[C@@]2(O)CC[C@H]3[C@@H]4C[C@@H](O)c5cccc(O)c5[C@H]4CC[C@@]32C)C1. The van der Waals surface area contributed by atoms with Gasteiger partial charge in [0.15, 0.2) is 0 Å². The van der Waals surface area contributed by atoms with E-state index in [-0.39, 0.29) is 41.4 Å². The maximum Gasteiger partial charge on any atom is 0.336 e. The lowest BCUT2D eigenvalue weighted by atomic mass is 9.51. The zero-order valence-corrected chi connectivity index (χ0v) is 19.8. The number of benzene rings is 1. The topological polar surface area (TPSA) is 107 Å². The summed E-state index contributed by atoms with van der Waals surface area (Å²) in [6.07, 6.45) is 3.29. The Morgan fingerprint density at radius 2 is 2.00 bits per heavy atom. The molecule has 1 aliphatic heterocycles. The minimum atomic E-state index is -0.992. The van der Waals surface area contributed by atoms with Crippen LogP contribution in [0.1, 0.15) is 82.4 Å². The van der Waals surface area contributed by atoms with E-state index >= 15 is 0 Å². The molecule has 1 heterocycles. The van der Waals surface area contributed by atoms with E-state index in [9.17, 15) is 25.2 Å². The van der Waals surface area contributed by atoms with Gasteiger partial charge in [-0.25, -0.2) is 4.79 Å². The number of rotatable bonds is 3. The highest BCUT2D eigenvalue weighted by atomic mass is 16.5. The van der Waals surface area contributed by atoms with Crippen molar-refractivity contribution in [3.63, 3.8) is 0 Å². The van der Waals surface area contributed by atoms with E-state index in [1.165, 1.54) is 0 Å². The van der Waals surface area contributed by atoms with Crippen LogP contribution in [0, 0.1) is 23.2 Å². The highest BCUT2D eigenvalue weighted by Gasteiger charge is 2.65. The van der Waals surface area contributed by atoms with Gasteiger partial charge in [0.25, 0.3) is 0 Å². The predicted molar refractivity (Wildman–Crippen MR) is 122 cm³/mol. The highest BCUT2D eigenvalue weighted by Crippen LogP contribution is 2.67. The fourth-order valence-corrected chi connectivity index (χ4v) is 8.06. The number of aliphatic hydroxyl groups excluding tert-OH is 2. The summed E-state index contributed by atoms with van der Waals surface area (Å²) < 4.78 is 5.72. The molecular formula is C27H36O6. The molecule has 8 atom stereocenters. The largest absolute Gasteiger partial charge is 0.508 e. The zero-order valence-electron chi connectivity index (χ0n) is 19.8. The molecule has 2 saturated carbocycles. The molecule has 180 valence electrons. The number of carbonyl (C=O) groups is 1. The average molecular weight is 457 g/mol. The number of esters is 1. The van der Waals surface area contributed by atoms with Crippen LogP contribution >= 0.6 is 0 Å². The van der Waals surface area contributed by atoms with Crippen LogP contribution in [0.2, 0.25) is 0 Å². The van der Waals surface area contributed by atoms with Gasteiger partial charge in [-0.15, -0.1) is 0 Å². The number of phenols is 1. The molecule has 0 radical (unpaired) electrons. The van der Waals surface area contributed by atoms with E-state index in [1.54, 1.807) is 12.1 Å². The third-order valence-electron chi connectivity index (χ3n) is 9.99. The maximum absolute atomic E-state index is 12.4. The molecule has 6 heteroatoms. The van der Waals surface area contributed by atoms with Gasteiger partial charge < -0.3 is 25.2 Å². The van der Waals surface area contributed by atoms with Gasteiger partial charge in [0, 0.05) is 17.9 Å². The van der Waals surface area contributed by atoms with Crippen LogP contribution in [0.15, 0.2) is 29.3 Å². The van der Waals surface area contributed by atoms with Gasteiger partial charge in [-0.3, -0.25) is 0 Å². The van der Waals surface area contributed by atoms with Gasteiger partial charge in [-0.1, -0.05) is 31.6 Å². The van der Waals surface area contributed by atoms with Crippen LogP contribution in [0.4, 0.5) is 0 Å². The first-order valence-corrected chi connectivity index (χ1v) is 12.3. The average Bonchev–Trinajstić information content (AvgIpc) is 3.05. The number of carbonyl (C=O) groups excluding carboxylic acids is 1. The molecule has 4 aliphatic rings. The minimum Gasteiger partial charge on any atom is -0.508 e. The molecule has 5 rings (SSSR count). The van der Waals surface area contributed by atoms with Crippen LogP contribution in [-0.4, -0.2) is 44.7 Å². The molecule has 0 aromatic heterocycles. The van der Waals surface area contributed by atoms with Gasteiger partial charge >= 0.3 is 5.97 Å². The monoisotopic (exact) mass is 456 g/mol. The first-order valence-electron chi connectivity index (χ1n) is 12.3. The summed E-state index contributed by atoms with van der Waals surface area (Å²) in [4.78, 5) is 12.4. The van der Waals surface area contributed by atoms with Crippen molar-refractivity contribution in [2.45, 2.75) is 83.0 Å². The van der Waals surface area contributed by atoms with E-state index in [1.807, 2.05) is 19.9 Å². The number of hydrogen-bond acceptors (Lipinski definition) is 6. The summed E-state index contributed by atoms with van der Waals surface area (Å²) in [5.41, 5.74) is 1.55. The summed E-state index contributed by atoms with van der Waals surface area (Å²) in [6, 6.07) is 5.43. The van der Waals surface area contributed by atoms with Crippen LogP contribution in [0.5, 0.6) is 5.75 Å². The Morgan fingerprint density at radius 1 is 1.24 bits per heavy atom. The molecule has 0 saturated heterocycles. The van der Waals surface area contributed by atoms with Gasteiger partial charge in [-0.2, -0.15) is 0 Å². The molecule has 0 unspecified atom stereocenters. The summed E-state index contributed by atoms with van der Waals surface area (Å²) in [6.45, 7) is 5.70. The Hall–Kier alpha value is -1.89. The van der Waals surface area contributed by atoms with Gasteiger partial charge in [0.2, 0.25) is 0 Å². The van der Waals surface area contributed by atoms with Crippen LogP contribution < -0.4 is 0 Å². The van der Waals surface area contributed by atoms with E-state index in [4.69, 9.17) is 4.74 Å². The minimum absolute atomic E-state index is 0.185. The zero-order chi connectivity index (χ0) is 23.7. The molecule has 4 N–H and O–H groups in total. The van der Waals surface area contributed by atoms with Crippen molar-refractivity contribution in [3.8, 4) is 5.75 Å². The van der Waals surface area contributed by atoms with Crippen molar-refractivity contribution in [3.05, 3.63) is 40.5 Å². The second-order valence-electron chi connectivity index (χ2n) is 11.2. The third-order valence-corrected chi connectivity index (χ3v) is 9.99.